The molecule has 0 aromatic carbocycles. The first kappa shape index (κ1) is 19.7. The summed E-state index contributed by atoms with van der Waals surface area (Å²) in [4.78, 5) is 34.9. The van der Waals surface area contributed by atoms with Crippen LogP contribution in [0.3, 0.4) is 0 Å². The van der Waals surface area contributed by atoms with Crippen LogP contribution in [-0.2, 0) is 0 Å². The number of aryl methyl sites for hydroxylation is 1. The number of nitro groups is 1. The van der Waals surface area contributed by atoms with E-state index in [4.69, 9.17) is 4.74 Å². The molecule has 13 heteroatoms. The molecule has 0 aliphatic carbocycles. The van der Waals surface area contributed by atoms with Gasteiger partial charge in [0.25, 0.3) is 5.91 Å². The topological polar surface area (TPSA) is 134 Å². The number of nitrogens with zero attached hydrogens (tertiary/aromatic N) is 8. The van der Waals surface area contributed by atoms with Gasteiger partial charge in [-0.1, -0.05) is 0 Å². The minimum absolute atomic E-state index is 0.0832. The summed E-state index contributed by atoms with van der Waals surface area (Å²) in [7, 11) is 4.72. The first-order valence-corrected chi connectivity index (χ1v) is 9.68. The van der Waals surface area contributed by atoms with E-state index in [1.54, 1.807) is 21.0 Å². The lowest BCUT2D eigenvalue weighted by molar-refractivity contribution is -0.385. The number of hydrogen-bond acceptors (Lipinski definition) is 9. The van der Waals surface area contributed by atoms with Gasteiger partial charge in [-0.15, -0.1) is 21.5 Å². The van der Waals surface area contributed by atoms with Crippen molar-refractivity contribution in [1.29, 1.82) is 0 Å². The molecule has 4 rings (SSSR count). The van der Waals surface area contributed by atoms with Gasteiger partial charge in [0.2, 0.25) is 0 Å². The molecule has 0 saturated heterocycles. The zero-order valence-electron chi connectivity index (χ0n) is 16.9. The van der Waals surface area contributed by atoms with Crippen molar-refractivity contribution >= 4 is 38.8 Å². The van der Waals surface area contributed by atoms with Gasteiger partial charge in [0, 0.05) is 14.1 Å². The van der Waals surface area contributed by atoms with Gasteiger partial charge < -0.3 is 9.64 Å². The van der Waals surface area contributed by atoms with Gasteiger partial charge in [-0.25, -0.2) is 14.5 Å². The van der Waals surface area contributed by atoms with Crippen molar-refractivity contribution in [2.75, 3.05) is 21.2 Å². The molecule has 4 heterocycles. The summed E-state index contributed by atoms with van der Waals surface area (Å²) in [5.41, 5.74) is 1.11. The summed E-state index contributed by atoms with van der Waals surface area (Å²) in [5.74, 6) is 0.216. The van der Waals surface area contributed by atoms with Crippen molar-refractivity contribution in [2.45, 2.75) is 19.9 Å². The minimum atomic E-state index is -0.558. The highest BCUT2D eigenvalue weighted by molar-refractivity contribution is 7.20. The molecule has 0 spiro atoms. The van der Waals surface area contributed by atoms with E-state index in [0.717, 1.165) is 10.9 Å². The van der Waals surface area contributed by atoms with E-state index in [1.807, 2.05) is 6.92 Å². The Bertz CT molecular complexity index is 1300. The number of amides is 1. The molecule has 0 fully saturated rings. The molecule has 30 heavy (non-hydrogen) atoms. The van der Waals surface area contributed by atoms with E-state index >= 15 is 0 Å². The van der Waals surface area contributed by atoms with E-state index in [1.165, 1.54) is 45.1 Å². The number of hydrogen-bond donors (Lipinski definition) is 0. The largest absolute Gasteiger partial charge is 0.475 e. The molecule has 4 aromatic heterocycles. The van der Waals surface area contributed by atoms with Crippen LogP contribution in [-0.4, -0.2) is 66.3 Å². The van der Waals surface area contributed by atoms with Crippen LogP contribution in [0.5, 0.6) is 5.88 Å². The van der Waals surface area contributed by atoms with Crippen molar-refractivity contribution in [1.82, 2.24) is 34.3 Å². The maximum atomic E-state index is 12.5. The van der Waals surface area contributed by atoms with Crippen molar-refractivity contribution < 1.29 is 14.5 Å². The first-order valence-electron chi connectivity index (χ1n) is 8.86. The van der Waals surface area contributed by atoms with Gasteiger partial charge in [0.1, 0.15) is 23.4 Å². The highest BCUT2D eigenvalue weighted by atomic mass is 32.1. The van der Waals surface area contributed by atoms with Crippen LogP contribution in [0.4, 0.5) is 5.69 Å². The summed E-state index contributed by atoms with van der Waals surface area (Å²) >= 11 is 1.31. The third kappa shape index (κ3) is 2.94. The van der Waals surface area contributed by atoms with Gasteiger partial charge in [-0.2, -0.15) is 0 Å². The molecule has 4 aromatic rings. The lowest BCUT2D eigenvalue weighted by atomic mass is 10.2. The lowest BCUT2D eigenvalue weighted by Gasteiger charge is -2.08. The minimum Gasteiger partial charge on any atom is -0.475 e. The maximum absolute atomic E-state index is 12.5. The van der Waals surface area contributed by atoms with Crippen LogP contribution < -0.4 is 4.74 Å². The predicted molar refractivity (Wildman–Crippen MR) is 108 cm³/mol. The van der Waals surface area contributed by atoms with Crippen molar-refractivity contribution in [3.8, 4) is 5.88 Å². The molecule has 156 valence electrons. The Labute approximate surface area is 173 Å². The average Bonchev–Trinajstić information content (AvgIpc) is 3.41. The third-order valence-electron chi connectivity index (χ3n) is 4.72. The number of thiophene rings is 1. The number of fused-ring (bicyclic) bond motifs is 3. The lowest BCUT2D eigenvalue weighted by Crippen LogP contribution is -2.21. The molecule has 1 amide bonds. The number of methoxy groups -OCH3 is 1. The molecular formula is C17H18N8O4S. The van der Waals surface area contributed by atoms with Crippen LogP contribution in [0.1, 0.15) is 34.0 Å². The summed E-state index contributed by atoms with van der Waals surface area (Å²) in [6, 6.07) is -0.496. The fourth-order valence-corrected chi connectivity index (χ4v) is 4.25. The molecule has 1 atom stereocenters. The first-order chi connectivity index (χ1) is 14.2. The van der Waals surface area contributed by atoms with E-state index in [9.17, 15) is 14.9 Å². The molecule has 0 aliphatic heterocycles. The fraction of sp³-hybridized carbons (Fsp3) is 0.353. The van der Waals surface area contributed by atoms with Crippen LogP contribution in [0.25, 0.3) is 15.9 Å². The standard InChI is InChI=1S/C17H18N8O4S/c1-8-11-14-19-13(9(2)23-6-10(25(27)28)15(21-23)29-5)20-24(14)7-18-16(11)30-12(8)17(26)22(3)4/h6-7,9H,1-5H3. The van der Waals surface area contributed by atoms with Crippen molar-refractivity contribution in [3.63, 3.8) is 0 Å². The number of rotatable bonds is 5. The van der Waals surface area contributed by atoms with E-state index in [2.05, 4.69) is 20.2 Å². The van der Waals surface area contributed by atoms with Crippen LogP contribution in [0.15, 0.2) is 12.5 Å². The summed E-state index contributed by atoms with van der Waals surface area (Å²) in [5, 5.41) is 20.5. The molecule has 0 aliphatic rings. The van der Waals surface area contributed by atoms with Gasteiger partial charge >= 0.3 is 11.6 Å². The zero-order chi connectivity index (χ0) is 21.7. The normalized spacial score (nSPS) is 12.4. The van der Waals surface area contributed by atoms with E-state index in [-0.39, 0.29) is 17.5 Å². The zero-order valence-corrected chi connectivity index (χ0v) is 17.7. The Balaban J connectivity index is 1.83. The van der Waals surface area contributed by atoms with Crippen LogP contribution in [0.2, 0.25) is 0 Å². The highest BCUT2D eigenvalue weighted by Gasteiger charge is 2.26. The Morgan fingerprint density at radius 1 is 1.37 bits per heavy atom. The van der Waals surface area contributed by atoms with Crippen LogP contribution in [0, 0.1) is 17.0 Å². The Hall–Kier alpha value is -3.61. The predicted octanol–water partition coefficient (Wildman–Crippen LogP) is 2.07. The quantitative estimate of drug-likeness (QED) is 0.347. The second kappa shape index (κ2) is 7.02. The molecule has 0 N–H and O–H groups in total. The third-order valence-corrected chi connectivity index (χ3v) is 5.91. The average molecular weight is 430 g/mol. The number of aromatic nitrogens is 6. The SMILES string of the molecule is COc1nn(C(C)c2nc3c4c(C)c(C(=O)N(C)C)sc4ncn3n2)cc1[N+](=O)[O-]. The Morgan fingerprint density at radius 2 is 2.10 bits per heavy atom. The van der Waals surface area contributed by atoms with Gasteiger partial charge in [-0.3, -0.25) is 19.6 Å². The fourth-order valence-electron chi connectivity index (χ4n) is 3.09. The Kier molecular flexibility index (Phi) is 4.61. The van der Waals surface area contributed by atoms with Gasteiger partial charge in [0.05, 0.1) is 22.3 Å². The molecule has 12 nitrogen and oxygen atoms in total. The van der Waals surface area contributed by atoms with Gasteiger partial charge in [-0.05, 0) is 19.4 Å². The summed E-state index contributed by atoms with van der Waals surface area (Å²) in [6.07, 6.45) is 2.82. The molecule has 0 radical (unpaired) electrons. The van der Waals surface area contributed by atoms with E-state index in [0.29, 0.717) is 21.2 Å². The van der Waals surface area contributed by atoms with E-state index < -0.39 is 11.0 Å². The molecule has 0 saturated carbocycles. The molecule has 0 bridgehead atoms. The highest BCUT2D eigenvalue weighted by Crippen LogP contribution is 2.33. The van der Waals surface area contributed by atoms with Crippen molar-refractivity contribution in [2.24, 2.45) is 0 Å². The summed E-state index contributed by atoms with van der Waals surface area (Å²) in [6.45, 7) is 3.63. The summed E-state index contributed by atoms with van der Waals surface area (Å²) < 4.78 is 7.91. The van der Waals surface area contributed by atoms with Crippen molar-refractivity contribution in [3.05, 3.63) is 38.9 Å². The monoisotopic (exact) mass is 430 g/mol. The van der Waals surface area contributed by atoms with Gasteiger partial charge in [0.15, 0.2) is 11.5 Å². The smallest absolute Gasteiger partial charge is 0.350 e. The maximum Gasteiger partial charge on any atom is 0.350 e. The number of carbonyl (C=O) groups excluding carboxylic acids is 1. The molecular weight excluding hydrogens is 412 g/mol. The second-order valence-corrected chi connectivity index (χ2v) is 7.85. The Morgan fingerprint density at radius 3 is 2.70 bits per heavy atom. The second-order valence-electron chi connectivity index (χ2n) is 6.86. The molecule has 1 unspecified atom stereocenters. The number of carbonyl (C=O) groups is 1. The van der Waals surface area contributed by atoms with Crippen LogP contribution >= 0.6 is 11.3 Å². The number of ether oxygens (including phenoxy) is 1.